The quantitative estimate of drug-likeness (QED) is 0.520. The summed E-state index contributed by atoms with van der Waals surface area (Å²) >= 11 is 0. The first-order chi connectivity index (χ1) is 15.5. The van der Waals surface area contributed by atoms with E-state index in [0.717, 1.165) is 43.4 Å². The third-order valence-electron chi connectivity index (χ3n) is 6.15. The summed E-state index contributed by atoms with van der Waals surface area (Å²) in [6, 6.07) is 11.5. The molecule has 3 N–H and O–H groups in total. The molecule has 0 spiro atoms. The molecule has 1 aliphatic heterocycles. The number of aryl methyl sites for hydroxylation is 1. The summed E-state index contributed by atoms with van der Waals surface area (Å²) in [6.07, 6.45) is 4.57. The summed E-state index contributed by atoms with van der Waals surface area (Å²) in [5, 5.41) is 7.28. The highest BCUT2D eigenvalue weighted by Gasteiger charge is 2.21. The first kappa shape index (κ1) is 22.1. The maximum Gasteiger partial charge on any atom is 0.315 e. The van der Waals surface area contributed by atoms with Crippen molar-refractivity contribution < 1.29 is 13.9 Å². The highest BCUT2D eigenvalue weighted by Crippen LogP contribution is 2.21. The van der Waals surface area contributed by atoms with Gasteiger partial charge in [-0.2, -0.15) is 0 Å². The van der Waals surface area contributed by atoms with Gasteiger partial charge in [0.25, 0.3) is 0 Å². The Morgan fingerprint density at radius 2 is 2.03 bits per heavy atom. The average molecular weight is 439 g/mol. The number of aromatic nitrogens is 1. The second-order valence-corrected chi connectivity index (χ2v) is 8.53. The van der Waals surface area contributed by atoms with Crippen molar-refractivity contribution in [3.8, 4) is 5.75 Å². The number of benzene rings is 2. The monoisotopic (exact) mass is 438 g/mol. The minimum absolute atomic E-state index is 0.114. The molecule has 1 fully saturated rings. The maximum absolute atomic E-state index is 13.9. The highest BCUT2D eigenvalue weighted by molar-refractivity contribution is 5.84. The summed E-state index contributed by atoms with van der Waals surface area (Å²) < 4.78 is 18.9. The van der Waals surface area contributed by atoms with Crippen LogP contribution in [0.4, 0.5) is 9.18 Å². The minimum Gasteiger partial charge on any atom is -0.494 e. The molecule has 0 saturated carbocycles. The van der Waals surface area contributed by atoms with Gasteiger partial charge < -0.3 is 20.4 Å². The van der Waals surface area contributed by atoms with Gasteiger partial charge in [-0.3, -0.25) is 4.90 Å². The van der Waals surface area contributed by atoms with Crippen LogP contribution in [0.5, 0.6) is 5.75 Å². The fourth-order valence-electron chi connectivity index (χ4n) is 4.36. The fourth-order valence-corrected chi connectivity index (χ4v) is 4.36. The number of hydrogen-bond donors (Lipinski definition) is 3. The molecule has 6 nitrogen and oxygen atoms in total. The number of urea groups is 1. The van der Waals surface area contributed by atoms with Gasteiger partial charge in [0.1, 0.15) is 0 Å². The molecule has 2 amide bonds. The number of H-pyrrole nitrogens is 1. The maximum atomic E-state index is 13.9. The largest absolute Gasteiger partial charge is 0.494 e. The van der Waals surface area contributed by atoms with Gasteiger partial charge in [-0.15, -0.1) is 0 Å². The first-order valence-electron chi connectivity index (χ1n) is 11.2. The van der Waals surface area contributed by atoms with Crippen LogP contribution in [0.25, 0.3) is 10.9 Å². The summed E-state index contributed by atoms with van der Waals surface area (Å²) in [6.45, 7) is 5.11. The molecular weight excluding hydrogens is 407 g/mol. The number of rotatable bonds is 7. The van der Waals surface area contributed by atoms with Gasteiger partial charge >= 0.3 is 6.03 Å². The number of fused-ring (bicyclic) bond motifs is 1. The lowest BCUT2D eigenvalue weighted by Crippen LogP contribution is -2.48. The van der Waals surface area contributed by atoms with E-state index in [1.807, 2.05) is 12.3 Å². The van der Waals surface area contributed by atoms with Crippen molar-refractivity contribution in [3.05, 3.63) is 65.1 Å². The third-order valence-corrected chi connectivity index (χ3v) is 6.15. The predicted molar refractivity (Wildman–Crippen MR) is 125 cm³/mol. The van der Waals surface area contributed by atoms with Crippen molar-refractivity contribution in [2.75, 3.05) is 26.7 Å². The van der Waals surface area contributed by atoms with E-state index in [0.29, 0.717) is 13.1 Å². The molecule has 0 atom stereocenters. The number of aromatic amines is 1. The van der Waals surface area contributed by atoms with Crippen molar-refractivity contribution >= 4 is 16.9 Å². The van der Waals surface area contributed by atoms with Crippen LogP contribution in [0.1, 0.15) is 29.5 Å². The lowest BCUT2D eigenvalue weighted by Gasteiger charge is -2.32. The summed E-state index contributed by atoms with van der Waals surface area (Å²) in [4.78, 5) is 17.9. The molecule has 32 heavy (non-hydrogen) atoms. The highest BCUT2D eigenvalue weighted by atomic mass is 19.1. The van der Waals surface area contributed by atoms with Gasteiger partial charge in [0.2, 0.25) is 0 Å². The molecule has 1 aromatic heterocycles. The van der Waals surface area contributed by atoms with Gasteiger partial charge in [-0.1, -0.05) is 18.2 Å². The van der Waals surface area contributed by atoms with Gasteiger partial charge in [0, 0.05) is 49.3 Å². The van der Waals surface area contributed by atoms with Gasteiger partial charge in [-0.25, -0.2) is 9.18 Å². The Bertz CT molecular complexity index is 1070. The van der Waals surface area contributed by atoms with Gasteiger partial charge in [-0.05, 0) is 61.1 Å². The van der Waals surface area contributed by atoms with Gasteiger partial charge in [0.15, 0.2) is 11.6 Å². The SMILES string of the molecule is COc1ccc(CN2CCC(NC(=O)NCCc3c[nH]c4cc(C)ccc34)CC2)cc1F. The van der Waals surface area contributed by atoms with Crippen molar-refractivity contribution in [1.29, 1.82) is 0 Å². The fraction of sp³-hybridized carbons (Fsp3) is 0.400. The molecule has 0 unspecified atom stereocenters. The van der Waals surface area contributed by atoms with E-state index in [9.17, 15) is 9.18 Å². The number of piperidine rings is 1. The molecule has 1 saturated heterocycles. The Labute approximate surface area is 188 Å². The number of carbonyl (C=O) groups is 1. The summed E-state index contributed by atoms with van der Waals surface area (Å²) in [7, 11) is 1.47. The van der Waals surface area contributed by atoms with Crippen LogP contribution in [-0.4, -0.2) is 48.7 Å². The molecule has 4 rings (SSSR count). The van der Waals surface area contributed by atoms with Crippen LogP contribution in [-0.2, 0) is 13.0 Å². The number of halogens is 1. The number of hydrogen-bond acceptors (Lipinski definition) is 3. The van der Waals surface area contributed by atoms with Crippen LogP contribution >= 0.6 is 0 Å². The third kappa shape index (κ3) is 5.40. The van der Waals surface area contributed by atoms with Crippen LogP contribution in [0.3, 0.4) is 0 Å². The number of ether oxygens (including phenoxy) is 1. The lowest BCUT2D eigenvalue weighted by atomic mass is 10.0. The minimum atomic E-state index is -0.332. The van der Waals surface area contributed by atoms with Crippen molar-refractivity contribution in [2.24, 2.45) is 0 Å². The van der Waals surface area contributed by atoms with E-state index >= 15 is 0 Å². The van der Waals surface area contributed by atoms with Crippen molar-refractivity contribution in [2.45, 2.75) is 38.8 Å². The molecule has 0 radical (unpaired) electrons. The van der Waals surface area contributed by atoms with E-state index in [1.54, 1.807) is 6.07 Å². The number of nitrogens with one attached hydrogen (secondary N) is 3. The van der Waals surface area contributed by atoms with Crippen LogP contribution in [0.15, 0.2) is 42.6 Å². The zero-order chi connectivity index (χ0) is 22.5. The second kappa shape index (κ2) is 10.0. The molecule has 0 bridgehead atoms. The van der Waals surface area contributed by atoms with Crippen LogP contribution < -0.4 is 15.4 Å². The van der Waals surface area contributed by atoms with E-state index in [-0.39, 0.29) is 23.6 Å². The average Bonchev–Trinajstić information content (AvgIpc) is 3.17. The number of likely N-dealkylation sites (tertiary alicyclic amines) is 1. The molecule has 3 aromatic rings. The topological polar surface area (TPSA) is 69.4 Å². The van der Waals surface area contributed by atoms with Crippen LogP contribution in [0.2, 0.25) is 0 Å². The Balaban J connectivity index is 1.18. The standard InChI is InChI=1S/C25H31FN4O2/c1-17-3-5-21-19(15-28-23(21)13-17)7-10-27-25(31)29-20-8-11-30(12-9-20)16-18-4-6-24(32-2)22(26)14-18/h3-6,13-15,20,28H,7-12,16H2,1-2H3,(H2,27,29,31). The smallest absolute Gasteiger partial charge is 0.315 e. The van der Waals surface area contributed by atoms with E-state index in [4.69, 9.17) is 4.74 Å². The first-order valence-corrected chi connectivity index (χ1v) is 11.2. The summed E-state index contributed by atoms with van der Waals surface area (Å²) in [5.41, 5.74) is 4.50. The van der Waals surface area contributed by atoms with Crippen molar-refractivity contribution in [1.82, 2.24) is 20.5 Å². The Morgan fingerprint density at radius 3 is 2.78 bits per heavy atom. The molecule has 1 aliphatic rings. The number of nitrogens with zero attached hydrogens (tertiary/aromatic N) is 1. The van der Waals surface area contributed by atoms with Gasteiger partial charge in [0.05, 0.1) is 7.11 Å². The predicted octanol–water partition coefficient (Wildman–Crippen LogP) is 4.13. The van der Waals surface area contributed by atoms with E-state index < -0.39 is 0 Å². The Hall–Kier alpha value is -3.06. The van der Waals surface area contributed by atoms with E-state index in [1.165, 1.54) is 29.7 Å². The lowest BCUT2D eigenvalue weighted by molar-refractivity contribution is 0.186. The van der Waals surface area contributed by atoms with Crippen LogP contribution in [0, 0.1) is 12.7 Å². The molecule has 2 aromatic carbocycles. The Kier molecular flexibility index (Phi) is 6.95. The Morgan fingerprint density at radius 1 is 1.22 bits per heavy atom. The molecule has 7 heteroatoms. The molecule has 2 heterocycles. The zero-order valence-electron chi connectivity index (χ0n) is 18.7. The molecule has 170 valence electrons. The van der Waals surface area contributed by atoms with E-state index in [2.05, 4.69) is 45.6 Å². The number of amides is 2. The molecule has 0 aliphatic carbocycles. The summed E-state index contributed by atoms with van der Waals surface area (Å²) in [5.74, 6) is -0.0663. The zero-order valence-corrected chi connectivity index (χ0v) is 18.7. The van der Waals surface area contributed by atoms with Crippen molar-refractivity contribution in [3.63, 3.8) is 0 Å². The number of carbonyl (C=O) groups excluding carboxylic acids is 1. The number of methoxy groups -OCH3 is 1. The molecular formula is C25H31FN4O2. The second-order valence-electron chi connectivity index (χ2n) is 8.53. The normalized spacial score (nSPS) is 15.1.